The molecule has 0 radical (unpaired) electrons. The molecule has 1 saturated heterocycles. The summed E-state index contributed by atoms with van der Waals surface area (Å²) in [6.45, 7) is 0.208. The van der Waals surface area contributed by atoms with E-state index in [1.165, 1.54) is 6.26 Å². The standard InChI is InChI=1S/C11H14N2O4/c14-8(9-2-1-5-17-9)6-12-7-3-4-10(15)13-11(7)16/h1-2,5,7-8,12,14H,3-4,6H2,(H,13,15,16). The molecule has 0 spiro atoms. The summed E-state index contributed by atoms with van der Waals surface area (Å²) < 4.78 is 5.03. The van der Waals surface area contributed by atoms with Crippen LogP contribution in [0, 0.1) is 0 Å². The summed E-state index contributed by atoms with van der Waals surface area (Å²) in [6, 6.07) is 2.92. The molecule has 1 aromatic rings. The van der Waals surface area contributed by atoms with Gasteiger partial charge in [-0.25, -0.2) is 0 Å². The van der Waals surface area contributed by atoms with Crippen LogP contribution in [0.4, 0.5) is 0 Å². The predicted octanol–water partition coefficient (Wildman–Crippen LogP) is -0.292. The Bertz CT molecular complexity index is 402. The van der Waals surface area contributed by atoms with Crippen LogP contribution < -0.4 is 10.6 Å². The highest BCUT2D eigenvalue weighted by atomic mass is 16.4. The number of piperidine rings is 1. The molecule has 1 fully saturated rings. The molecule has 6 heteroatoms. The molecular formula is C11H14N2O4. The first-order valence-corrected chi connectivity index (χ1v) is 5.45. The molecule has 1 aliphatic heterocycles. The topological polar surface area (TPSA) is 91.6 Å². The summed E-state index contributed by atoms with van der Waals surface area (Å²) in [6.07, 6.45) is 1.45. The molecule has 2 atom stereocenters. The number of aliphatic hydroxyl groups excluding tert-OH is 1. The molecule has 1 aliphatic rings. The highest BCUT2D eigenvalue weighted by Crippen LogP contribution is 2.13. The van der Waals surface area contributed by atoms with E-state index in [1.807, 2.05) is 0 Å². The Balaban J connectivity index is 1.82. The number of rotatable bonds is 4. The number of carbonyl (C=O) groups is 2. The summed E-state index contributed by atoms with van der Waals surface area (Å²) in [5.74, 6) is -0.141. The van der Waals surface area contributed by atoms with Crippen LogP contribution in [-0.4, -0.2) is 29.5 Å². The smallest absolute Gasteiger partial charge is 0.243 e. The monoisotopic (exact) mass is 238 g/mol. The van der Waals surface area contributed by atoms with Gasteiger partial charge in [0, 0.05) is 13.0 Å². The third-order valence-corrected chi connectivity index (χ3v) is 2.67. The number of hydrogen-bond donors (Lipinski definition) is 3. The Labute approximate surface area is 98.0 Å². The van der Waals surface area contributed by atoms with E-state index < -0.39 is 12.1 Å². The first-order chi connectivity index (χ1) is 8.16. The van der Waals surface area contributed by atoms with E-state index in [0.29, 0.717) is 18.6 Å². The molecule has 3 N–H and O–H groups in total. The average molecular weight is 238 g/mol. The van der Waals surface area contributed by atoms with Crippen LogP contribution in [0.1, 0.15) is 24.7 Å². The molecule has 0 bridgehead atoms. The van der Waals surface area contributed by atoms with Crippen molar-refractivity contribution < 1.29 is 19.1 Å². The van der Waals surface area contributed by atoms with Crippen molar-refractivity contribution in [1.82, 2.24) is 10.6 Å². The fraction of sp³-hybridized carbons (Fsp3) is 0.455. The largest absolute Gasteiger partial charge is 0.467 e. The minimum absolute atomic E-state index is 0.208. The highest BCUT2D eigenvalue weighted by molar-refractivity contribution is 6.00. The molecular weight excluding hydrogens is 224 g/mol. The van der Waals surface area contributed by atoms with Crippen molar-refractivity contribution in [2.45, 2.75) is 25.0 Å². The van der Waals surface area contributed by atoms with Crippen molar-refractivity contribution in [2.24, 2.45) is 0 Å². The Morgan fingerprint density at radius 2 is 2.41 bits per heavy atom. The zero-order valence-corrected chi connectivity index (χ0v) is 9.18. The Hall–Kier alpha value is -1.66. The van der Waals surface area contributed by atoms with Crippen molar-refractivity contribution in [3.63, 3.8) is 0 Å². The maximum absolute atomic E-state index is 11.4. The Morgan fingerprint density at radius 1 is 1.59 bits per heavy atom. The van der Waals surface area contributed by atoms with E-state index in [0.717, 1.165) is 0 Å². The van der Waals surface area contributed by atoms with E-state index in [4.69, 9.17) is 4.42 Å². The number of amides is 2. The maximum atomic E-state index is 11.4. The quantitative estimate of drug-likeness (QED) is 0.627. The summed E-state index contributed by atoms with van der Waals surface area (Å²) in [7, 11) is 0. The lowest BCUT2D eigenvalue weighted by Crippen LogP contribution is -2.51. The van der Waals surface area contributed by atoms with Crippen molar-refractivity contribution in [3.05, 3.63) is 24.2 Å². The fourth-order valence-electron chi connectivity index (χ4n) is 1.72. The van der Waals surface area contributed by atoms with Gasteiger partial charge in [0.1, 0.15) is 11.9 Å². The second-order valence-electron chi connectivity index (χ2n) is 3.94. The minimum atomic E-state index is -0.796. The number of carbonyl (C=O) groups excluding carboxylic acids is 2. The van der Waals surface area contributed by atoms with Crippen LogP contribution in [0.5, 0.6) is 0 Å². The summed E-state index contributed by atoms with van der Waals surface area (Å²) in [5, 5.41) is 14.9. The molecule has 2 amide bonds. The number of hydrogen-bond acceptors (Lipinski definition) is 5. The third-order valence-electron chi connectivity index (χ3n) is 2.67. The number of nitrogens with one attached hydrogen (secondary N) is 2. The average Bonchev–Trinajstić information content (AvgIpc) is 2.81. The van der Waals surface area contributed by atoms with E-state index >= 15 is 0 Å². The van der Waals surface area contributed by atoms with E-state index in [1.54, 1.807) is 12.1 Å². The summed E-state index contributed by atoms with van der Waals surface area (Å²) in [4.78, 5) is 22.3. The van der Waals surface area contributed by atoms with Crippen LogP contribution >= 0.6 is 0 Å². The minimum Gasteiger partial charge on any atom is -0.467 e. The SMILES string of the molecule is O=C1CCC(NCC(O)c2ccco2)C(=O)N1. The van der Waals surface area contributed by atoms with E-state index in [2.05, 4.69) is 10.6 Å². The van der Waals surface area contributed by atoms with Crippen molar-refractivity contribution in [1.29, 1.82) is 0 Å². The van der Waals surface area contributed by atoms with Crippen LogP contribution in [0.15, 0.2) is 22.8 Å². The molecule has 0 aliphatic carbocycles. The van der Waals surface area contributed by atoms with Gasteiger partial charge in [-0.2, -0.15) is 0 Å². The van der Waals surface area contributed by atoms with Crippen molar-refractivity contribution in [2.75, 3.05) is 6.54 Å². The van der Waals surface area contributed by atoms with Gasteiger partial charge in [0.05, 0.1) is 12.3 Å². The molecule has 92 valence electrons. The Morgan fingerprint density at radius 3 is 3.06 bits per heavy atom. The lowest BCUT2D eigenvalue weighted by molar-refractivity contribution is -0.134. The normalized spacial score (nSPS) is 22.3. The number of imide groups is 1. The fourth-order valence-corrected chi connectivity index (χ4v) is 1.72. The number of furan rings is 1. The third kappa shape index (κ3) is 2.92. The van der Waals surface area contributed by atoms with Gasteiger partial charge in [-0.3, -0.25) is 14.9 Å². The molecule has 0 saturated carbocycles. The molecule has 2 rings (SSSR count). The summed E-state index contributed by atoms with van der Waals surface area (Å²) >= 11 is 0. The second-order valence-corrected chi connectivity index (χ2v) is 3.94. The first kappa shape index (κ1) is 11.8. The van der Waals surface area contributed by atoms with Crippen LogP contribution in [0.3, 0.4) is 0 Å². The van der Waals surface area contributed by atoms with Gasteiger partial charge in [0.15, 0.2) is 0 Å². The Kier molecular flexibility index (Phi) is 3.55. The molecule has 0 aromatic carbocycles. The van der Waals surface area contributed by atoms with Gasteiger partial charge in [-0.15, -0.1) is 0 Å². The molecule has 2 heterocycles. The van der Waals surface area contributed by atoms with Gasteiger partial charge < -0.3 is 14.8 Å². The van der Waals surface area contributed by atoms with Crippen LogP contribution in [0.2, 0.25) is 0 Å². The lowest BCUT2D eigenvalue weighted by Gasteiger charge is -2.22. The van der Waals surface area contributed by atoms with Crippen LogP contribution in [-0.2, 0) is 9.59 Å². The zero-order chi connectivity index (χ0) is 12.3. The molecule has 2 unspecified atom stereocenters. The van der Waals surface area contributed by atoms with Crippen LogP contribution in [0.25, 0.3) is 0 Å². The predicted molar refractivity (Wildman–Crippen MR) is 57.8 cm³/mol. The van der Waals surface area contributed by atoms with Gasteiger partial charge in [-0.05, 0) is 18.6 Å². The summed E-state index contributed by atoms with van der Waals surface area (Å²) in [5.41, 5.74) is 0. The van der Waals surface area contributed by atoms with Gasteiger partial charge in [0.2, 0.25) is 11.8 Å². The lowest BCUT2D eigenvalue weighted by atomic mass is 10.1. The maximum Gasteiger partial charge on any atom is 0.243 e. The number of aliphatic hydroxyl groups is 1. The zero-order valence-electron chi connectivity index (χ0n) is 9.18. The molecule has 17 heavy (non-hydrogen) atoms. The van der Waals surface area contributed by atoms with E-state index in [-0.39, 0.29) is 18.4 Å². The van der Waals surface area contributed by atoms with E-state index in [9.17, 15) is 14.7 Å². The van der Waals surface area contributed by atoms with Gasteiger partial charge >= 0.3 is 0 Å². The van der Waals surface area contributed by atoms with Gasteiger partial charge in [0.25, 0.3) is 0 Å². The van der Waals surface area contributed by atoms with Crippen molar-refractivity contribution in [3.8, 4) is 0 Å². The highest BCUT2D eigenvalue weighted by Gasteiger charge is 2.26. The molecule has 1 aromatic heterocycles. The van der Waals surface area contributed by atoms with Crippen molar-refractivity contribution >= 4 is 11.8 Å². The second kappa shape index (κ2) is 5.11. The first-order valence-electron chi connectivity index (χ1n) is 5.45. The molecule has 6 nitrogen and oxygen atoms in total. The van der Waals surface area contributed by atoms with Gasteiger partial charge in [-0.1, -0.05) is 0 Å².